The lowest BCUT2D eigenvalue weighted by atomic mass is 10.1. The zero-order valence-electron chi connectivity index (χ0n) is 15.3. The number of rotatable bonds is 7. The van der Waals surface area contributed by atoms with Gasteiger partial charge in [-0.1, -0.05) is 24.3 Å². The zero-order chi connectivity index (χ0) is 19.3. The van der Waals surface area contributed by atoms with Gasteiger partial charge >= 0.3 is 0 Å². The van der Waals surface area contributed by atoms with Gasteiger partial charge in [0.05, 0.1) is 28.6 Å². The minimum absolute atomic E-state index is 0.00267. The molecule has 4 rings (SSSR count). The van der Waals surface area contributed by atoms with E-state index in [1.54, 1.807) is 22.3 Å². The van der Waals surface area contributed by atoms with Crippen LogP contribution in [0, 0.1) is 0 Å². The first kappa shape index (κ1) is 18.3. The molecule has 2 aromatic carbocycles. The number of hydrogen-bond acceptors (Lipinski definition) is 6. The maximum Gasteiger partial charge on any atom is 0.246 e. The van der Waals surface area contributed by atoms with Crippen LogP contribution in [0.25, 0.3) is 15.9 Å². The molecule has 1 unspecified atom stereocenters. The Hall–Kier alpha value is -3.10. The molecular weight excluding hydrogens is 374 g/mol. The van der Waals surface area contributed by atoms with Gasteiger partial charge in [-0.2, -0.15) is 5.10 Å². The summed E-state index contributed by atoms with van der Waals surface area (Å²) in [6.45, 7) is 2.26. The topological polar surface area (TPSA) is 81.9 Å². The van der Waals surface area contributed by atoms with Crippen molar-refractivity contribution in [1.29, 1.82) is 0 Å². The molecule has 0 bridgehead atoms. The summed E-state index contributed by atoms with van der Waals surface area (Å²) in [6, 6.07) is 15.6. The van der Waals surface area contributed by atoms with E-state index in [0.29, 0.717) is 6.61 Å². The summed E-state index contributed by atoms with van der Waals surface area (Å²) >= 11 is 1.58. The number of benzene rings is 2. The summed E-state index contributed by atoms with van der Waals surface area (Å²) in [4.78, 5) is 20.6. The number of hydrogen-bond donors (Lipinski definition) is 1. The van der Waals surface area contributed by atoms with E-state index in [9.17, 15) is 4.79 Å². The Labute approximate surface area is 166 Å². The maximum absolute atomic E-state index is 12.2. The van der Waals surface area contributed by atoms with Crippen LogP contribution in [-0.2, 0) is 16.1 Å². The van der Waals surface area contributed by atoms with Gasteiger partial charge in [0, 0.05) is 0 Å². The van der Waals surface area contributed by atoms with Crippen LogP contribution < -0.4 is 5.32 Å². The van der Waals surface area contributed by atoms with E-state index >= 15 is 0 Å². The number of nitrogens with one attached hydrogen (secondary N) is 1. The molecule has 0 saturated carbocycles. The van der Waals surface area contributed by atoms with Crippen LogP contribution in [0.5, 0.6) is 0 Å². The molecule has 0 spiro atoms. The van der Waals surface area contributed by atoms with E-state index < -0.39 is 0 Å². The first-order valence-electron chi connectivity index (χ1n) is 8.85. The summed E-state index contributed by atoms with van der Waals surface area (Å²) in [5.41, 5.74) is 2.88. The number of carbonyl (C=O) groups excluding carboxylic acids is 1. The number of ether oxygens (including phenoxy) is 1. The number of fused-ring (bicyclic) bond motifs is 1. The summed E-state index contributed by atoms with van der Waals surface area (Å²) < 4.78 is 8.34. The number of para-hydroxylation sites is 1. The molecule has 0 aliphatic rings. The van der Waals surface area contributed by atoms with Gasteiger partial charge in [0.15, 0.2) is 0 Å². The highest BCUT2D eigenvalue weighted by atomic mass is 32.1. The van der Waals surface area contributed by atoms with Crippen molar-refractivity contribution >= 4 is 27.5 Å². The molecule has 142 valence electrons. The van der Waals surface area contributed by atoms with Crippen LogP contribution in [-0.4, -0.2) is 32.3 Å². The van der Waals surface area contributed by atoms with Gasteiger partial charge in [-0.15, -0.1) is 11.3 Å². The standard InChI is InChI=1S/C20H19N5O2S/c1-14(15-6-8-16(9-7-15)25-13-21-12-22-25)23-19(26)10-27-11-20-24-17-4-2-3-5-18(17)28-20/h2-9,12-14H,10-11H2,1H3,(H,23,26). The molecule has 0 fully saturated rings. The molecule has 2 heterocycles. The molecule has 1 amide bonds. The second kappa shape index (κ2) is 8.28. The van der Waals surface area contributed by atoms with Crippen molar-refractivity contribution < 1.29 is 9.53 Å². The lowest BCUT2D eigenvalue weighted by Crippen LogP contribution is -2.30. The minimum Gasteiger partial charge on any atom is -0.364 e. The van der Waals surface area contributed by atoms with E-state index in [-0.39, 0.29) is 18.6 Å². The van der Waals surface area contributed by atoms with Gasteiger partial charge < -0.3 is 10.1 Å². The Kier molecular flexibility index (Phi) is 5.41. The molecule has 28 heavy (non-hydrogen) atoms. The number of thiazole rings is 1. The molecule has 1 atom stereocenters. The lowest BCUT2D eigenvalue weighted by Gasteiger charge is -2.15. The normalized spacial score (nSPS) is 12.2. The molecule has 0 aliphatic carbocycles. The van der Waals surface area contributed by atoms with E-state index in [1.165, 1.54) is 6.33 Å². The number of amides is 1. The summed E-state index contributed by atoms with van der Waals surface area (Å²) in [7, 11) is 0. The molecule has 8 heteroatoms. The van der Waals surface area contributed by atoms with Crippen molar-refractivity contribution in [1.82, 2.24) is 25.1 Å². The van der Waals surface area contributed by atoms with Crippen molar-refractivity contribution in [3.8, 4) is 5.69 Å². The largest absolute Gasteiger partial charge is 0.364 e. The van der Waals surface area contributed by atoms with Crippen LogP contribution in [0.3, 0.4) is 0 Å². The fraction of sp³-hybridized carbons (Fsp3) is 0.200. The fourth-order valence-electron chi connectivity index (χ4n) is 2.84. The average molecular weight is 393 g/mol. The molecule has 0 saturated heterocycles. The fourth-order valence-corrected chi connectivity index (χ4v) is 3.74. The average Bonchev–Trinajstić information content (AvgIpc) is 3.37. The first-order chi connectivity index (χ1) is 13.7. The molecule has 0 radical (unpaired) electrons. The predicted molar refractivity (Wildman–Crippen MR) is 107 cm³/mol. The highest BCUT2D eigenvalue weighted by molar-refractivity contribution is 7.18. The van der Waals surface area contributed by atoms with Gasteiger partial charge in [0.25, 0.3) is 0 Å². The van der Waals surface area contributed by atoms with Crippen molar-refractivity contribution in [2.45, 2.75) is 19.6 Å². The summed E-state index contributed by atoms with van der Waals surface area (Å²) in [6.07, 6.45) is 3.13. The van der Waals surface area contributed by atoms with Crippen LogP contribution in [0.4, 0.5) is 0 Å². The molecule has 4 aromatic rings. The zero-order valence-corrected chi connectivity index (χ0v) is 16.1. The van der Waals surface area contributed by atoms with Gasteiger partial charge in [0.1, 0.15) is 24.3 Å². The molecule has 7 nitrogen and oxygen atoms in total. The third-order valence-electron chi connectivity index (χ3n) is 4.25. The monoisotopic (exact) mass is 393 g/mol. The highest BCUT2D eigenvalue weighted by Gasteiger charge is 2.11. The van der Waals surface area contributed by atoms with Crippen molar-refractivity contribution in [2.75, 3.05) is 6.61 Å². The molecule has 2 aromatic heterocycles. The summed E-state index contributed by atoms with van der Waals surface area (Å²) in [5.74, 6) is -0.158. The van der Waals surface area contributed by atoms with Gasteiger partial charge in [-0.25, -0.2) is 14.6 Å². The molecule has 1 N–H and O–H groups in total. The van der Waals surface area contributed by atoms with E-state index in [2.05, 4.69) is 20.4 Å². The van der Waals surface area contributed by atoms with Crippen LogP contribution in [0.15, 0.2) is 61.2 Å². The smallest absolute Gasteiger partial charge is 0.246 e. The lowest BCUT2D eigenvalue weighted by molar-refractivity contribution is -0.126. The Morgan fingerprint density at radius 3 is 2.79 bits per heavy atom. The van der Waals surface area contributed by atoms with Gasteiger partial charge in [-0.3, -0.25) is 4.79 Å². The van der Waals surface area contributed by atoms with Gasteiger partial charge in [0.2, 0.25) is 5.91 Å². The molecule has 0 aliphatic heterocycles. The third-order valence-corrected chi connectivity index (χ3v) is 5.26. The van der Waals surface area contributed by atoms with Gasteiger partial charge in [-0.05, 0) is 36.8 Å². The number of nitrogens with zero attached hydrogens (tertiary/aromatic N) is 4. The Balaban J connectivity index is 1.27. The second-order valence-electron chi connectivity index (χ2n) is 6.29. The predicted octanol–water partition coefficient (Wildman–Crippen LogP) is 3.27. The Morgan fingerprint density at radius 1 is 1.21 bits per heavy atom. The Bertz CT molecular complexity index is 1030. The maximum atomic E-state index is 12.2. The van der Waals surface area contributed by atoms with Crippen molar-refractivity contribution in [3.05, 3.63) is 71.8 Å². The van der Waals surface area contributed by atoms with Crippen LogP contribution in [0.2, 0.25) is 0 Å². The SMILES string of the molecule is CC(NC(=O)COCc1nc2ccccc2s1)c1ccc(-n2cncn2)cc1. The summed E-state index contributed by atoms with van der Waals surface area (Å²) in [5, 5.41) is 7.91. The van der Waals surface area contributed by atoms with E-state index in [4.69, 9.17) is 4.74 Å². The van der Waals surface area contributed by atoms with Crippen LogP contribution >= 0.6 is 11.3 Å². The minimum atomic E-state index is -0.158. The molecular formula is C20H19N5O2S. The van der Waals surface area contributed by atoms with Crippen molar-refractivity contribution in [3.63, 3.8) is 0 Å². The first-order valence-corrected chi connectivity index (χ1v) is 9.67. The van der Waals surface area contributed by atoms with E-state index in [0.717, 1.165) is 26.5 Å². The van der Waals surface area contributed by atoms with E-state index in [1.807, 2.05) is 55.5 Å². The van der Waals surface area contributed by atoms with Crippen LogP contribution in [0.1, 0.15) is 23.5 Å². The number of carbonyl (C=O) groups is 1. The second-order valence-corrected chi connectivity index (χ2v) is 7.40. The third kappa shape index (κ3) is 4.24. The quantitative estimate of drug-likeness (QED) is 0.521. The number of aromatic nitrogens is 4. The highest BCUT2D eigenvalue weighted by Crippen LogP contribution is 2.22. The van der Waals surface area contributed by atoms with Crippen molar-refractivity contribution in [2.24, 2.45) is 0 Å². The Morgan fingerprint density at radius 2 is 2.04 bits per heavy atom.